The summed E-state index contributed by atoms with van der Waals surface area (Å²) >= 11 is 11.0. The minimum atomic E-state index is -5.75. The molecule has 0 heterocycles. The van der Waals surface area contributed by atoms with Gasteiger partial charge in [0.05, 0.1) is 0 Å². The quantitative estimate of drug-likeness (QED) is 0.787. The summed E-state index contributed by atoms with van der Waals surface area (Å²) in [5.74, 6) is -5.08. The Balaban J connectivity index is 0.00000289. The van der Waals surface area contributed by atoms with Crippen LogP contribution in [0.25, 0.3) is 0 Å². The lowest BCUT2D eigenvalue weighted by Crippen LogP contribution is -2.45. The molecule has 0 aromatic heterocycles. The summed E-state index contributed by atoms with van der Waals surface area (Å²) in [5, 5.41) is -0.330. The van der Waals surface area contributed by atoms with Crippen molar-refractivity contribution in [2.75, 3.05) is 0 Å². The van der Waals surface area contributed by atoms with Gasteiger partial charge in [-0.1, -0.05) is 23.2 Å². The van der Waals surface area contributed by atoms with E-state index in [1.54, 1.807) is 0 Å². The normalized spacial score (nSPS) is 14.0. The Kier molecular flexibility index (Phi) is 5.68. The van der Waals surface area contributed by atoms with Crippen molar-refractivity contribution < 1.29 is 22.0 Å². The molecule has 0 aliphatic rings. The van der Waals surface area contributed by atoms with E-state index in [4.69, 9.17) is 28.9 Å². The molecular formula is C9H7Cl3F5N. The zero-order chi connectivity index (χ0) is 13.4. The average Bonchev–Trinajstić information content (AvgIpc) is 2.19. The number of halogens is 8. The lowest BCUT2D eigenvalue weighted by molar-refractivity contribution is -0.290. The van der Waals surface area contributed by atoms with Gasteiger partial charge in [-0.3, -0.25) is 0 Å². The summed E-state index contributed by atoms with van der Waals surface area (Å²) in [4.78, 5) is 0. The molecule has 0 aliphatic heterocycles. The molecule has 0 unspecified atom stereocenters. The standard InChI is InChI=1S/C9H6Cl2F5N.ClH/c10-4-1-2-6(11)5(3-4)7(17)8(12,13)9(14,15)16;/h1-3,7H,17H2;1H/t7-;/m0./s1. The van der Waals surface area contributed by atoms with Crippen LogP contribution in [0.3, 0.4) is 0 Å². The first-order chi connectivity index (χ1) is 7.57. The van der Waals surface area contributed by atoms with Crippen LogP contribution in [0, 0.1) is 0 Å². The summed E-state index contributed by atoms with van der Waals surface area (Å²) in [6.07, 6.45) is -5.75. The molecule has 0 saturated heterocycles. The number of benzene rings is 1. The Morgan fingerprint density at radius 3 is 2.00 bits per heavy atom. The van der Waals surface area contributed by atoms with Crippen LogP contribution in [0.4, 0.5) is 22.0 Å². The van der Waals surface area contributed by atoms with Crippen molar-refractivity contribution in [2.45, 2.75) is 18.1 Å². The topological polar surface area (TPSA) is 26.0 Å². The van der Waals surface area contributed by atoms with Gasteiger partial charge in [0.25, 0.3) is 0 Å². The number of nitrogens with two attached hydrogens (primary N) is 1. The Morgan fingerprint density at radius 1 is 1.06 bits per heavy atom. The number of rotatable bonds is 2. The molecule has 1 rings (SSSR count). The SMILES string of the molecule is Cl.N[C@@H](c1cc(Cl)ccc1Cl)C(F)(F)C(F)(F)F. The molecule has 0 radical (unpaired) electrons. The monoisotopic (exact) mass is 329 g/mol. The lowest BCUT2D eigenvalue weighted by Gasteiger charge is -2.26. The molecule has 0 amide bonds. The van der Waals surface area contributed by atoms with E-state index >= 15 is 0 Å². The molecular weight excluding hydrogens is 323 g/mol. The van der Waals surface area contributed by atoms with E-state index in [2.05, 4.69) is 0 Å². The molecule has 104 valence electrons. The second-order valence-electron chi connectivity index (χ2n) is 3.26. The predicted molar refractivity (Wildman–Crippen MR) is 61.6 cm³/mol. The molecule has 18 heavy (non-hydrogen) atoms. The predicted octanol–water partition coefficient (Wildman–Crippen LogP) is 4.61. The van der Waals surface area contributed by atoms with E-state index < -0.39 is 23.7 Å². The van der Waals surface area contributed by atoms with Crippen molar-refractivity contribution in [3.8, 4) is 0 Å². The Hall–Kier alpha value is -0.300. The van der Waals surface area contributed by atoms with E-state index in [1.807, 2.05) is 0 Å². The van der Waals surface area contributed by atoms with Crippen molar-refractivity contribution in [2.24, 2.45) is 5.73 Å². The highest BCUT2D eigenvalue weighted by molar-refractivity contribution is 6.33. The van der Waals surface area contributed by atoms with Gasteiger partial charge in [-0.05, 0) is 23.8 Å². The van der Waals surface area contributed by atoms with E-state index in [0.29, 0.717) is 0 Å². The van der Waals surface area contributed by atoms with Gasteiger partial charge >= 0.3 is 12.1 Å². The summed E-state index contributed by atoms with van der Waals surface area (Å²) < 4.78 is 62.2. The zero-order valence-electron chi connectivity index (χ0n) is 8.44. The van der Waals surface area contributed by atoms with Gasteiger partial charge < -0.3 is 5.73 Å². The van der Waals surface area contributed by atoms with E-state index in [0.717, 1.165) is 12.1 Å². The summed E-state index contributed by atoms with van der Waals surface area (Å²) in [7, 11) is 0. The van der Waals surface area contributed by atoms with Gasteiger partial charge in [-0.2, -0.15) is 22.0 Å². The summed E-state index contributed by atoms with van der Waals surface area (Å²) in [6.45, 7) is 0. The molecule has 0 bridgehead atoms. The van der Waals surface area contributed by atoms with Crippen molar-refractivity contribution in [3.63, 3.8) is 0 Å². The number of hydrogen-bond acceptors (Lipinski definition) is 1. The molecule has 0 spiro atoms. The van der Waals surface area contributed by atoms with Crippen molar-refractivity contribution in [3.05, 3.63) is 33.8 Å². The van der Waals surface area contributed by atoms with Crippen molar-refractivity contribution in [1.82, 2.24) is 0 Å². The highest BCUT2D eigenvalue weighted by Crippen LogP contribution is 2.44. The second-order valence-corrected chi connectivity index (χ2v) is 4.11. The van der Waals surface area contributed by atoms with Crippen LogP contribution in [-0.2, 0) is 0 Å². The van der Waals surface area contributed by atoms with Gasteiger partial charge in [-0.25, -0.2) is 0 Å². The molecule has 1 nitrogen and oxygen atoms in total. The maximum absolute atomic E-state index is 13.0. The molecule has 2 N–H and O–H groups in total. The fraction of sp³-hybridized carbons (Fsp3) is 0.333. The smallest absolute Gasteiger partial charge is 0.319 e. The second kappa shape index (κ2) is 5.77. The van der Waals surface area contributed by atoms with Crippen LogP contribution in [0.5, 0.6) is 0 Å². The highest BCUT2D eigenvalue weighted by atomic mass is 35.5. The van der Waals surface area contributed by atoms with Gasteiger partial charge in [0.1, 0.15) is 6.04 Å². The largest absolute Gasteiger partial charge is 0.455 e. The molecule has 0 aliphatic carbocycles. The first-order valence-corrected chi connectivity index (χ1v) is 4.98. The van der Waals surface area contributed by atoms with Crippen molar-refractivity contribution in [1.29, 1.82) is 0 Å². The van der Waals surface area contributed by atoms with Crippen LogP contribution in [0.1, 0.15) is 11.6 Å². The minimum Gasteiger partial charge on any atom is -0.319 e. The average molecular weight is 331 g/mol. The van der Waals surface area contributed by atoms with E-state index in [9.17, 15) is 22.0 Å². The van der Waals surface area contributed by atoms with Gasteiger partial charge in [0.2, 0.25) is 0 Å². The molecule has 1 aromatic carbocycles. The third-order valence-corrected chi connectivity index (χ3v) is 2.64. The molecule has 1 atom stereocenters. The van der Waals surface area contributed by atoms with Gasteiger partial charge in [-0.15, -0.1) is 12.4 Å². The maximum Gasteiger partial charge on any atom is 0.455 e. The van der Waals surface area contributed by atoms with Gasteiger partial charge in [0.15, 0.2) is 0 Å². The minimum absolute atomic E-state index is 0. The van der Waals surface area contributed by atoms with Crippen LogP contribution in [0.2, 0.25) is 10.0 Å². The number of hydrogen-bond donors (Lipinski definition) is 1. The summed E-state index contributed by atoms with van der Waals surface area (Å²) in [6, 6.07) is 0.639. The van der Waals surface area contributed by atoms with Crippen LogP contribution in [-0.4, -0.2) is 12.1 Å². The number of alkyl halides is 5. The Morgan fingerprint density at radius 2 is 1.56 bits per heavy atom. The fourth-order valence-corrected chi connectivity index (χ4v) is 1.54. The van der Waals surface area contributed by atoms with Crippen LogP contribution < -0.4 is 5.73 Å². The van der Waals surface area contributed by atoms with Crippen LogP contribution >= 0.6 is 35.6 Å². The fourth-order valence-electron chi connectivity index (χ4n) is 1.12. The van der Waals surface area contributed by atoms with Crippen molar-refractivity contribution >= 4 is 35.6 Å². The third kappa shape index (κ3) is 3.38. The zero-order valence-corrected chi connectivity index (χ0v) is 10.8. The third-order valence-electron chi connectivity index (χ3n) is 2.06. The first-order valence-electron chi connectivity index (χ1n) is 4.22. The highest BCUT2D eigenvalue weighted by Gasteiger charge is 2.62. The molecule has 0 saturated carbocycles. The van der Waals surface area contributed by atoms with E-state index in [-0.39, 0.29) is 22.5 Å². The molecule has 9 heteroatoms. The summed E-state index contributed by atoms with van der Waals surface area (Å²) in [5.41, 5.74) is 4.36. The Labute approximate surface area is 115 Å². The lowest BCUT2D eigenvalue weighted by atomic mass is 10.0. The van der Waals surface area contributed by atoms with E-state index in [1.165, 1.54) is 6.07 Å². The first kappa shape index (κ1) is 17.7. The Bertz CT molecular complexity index is 421. The molecule has 1 aromatic rings. The maximum atomic E-state index is 13.0. The molecule has 0 fully saturated rings. The van der Waals surface area contributed by atoms with Crippen LogP contribution in [0.15, 0.2) is 18.2 Å². The van der Waals surface area contributed by atoms with Gasteiger partial charge in [0, 0.05) is 10.0 Å².